The number of hydrogen-bond acceptors (Lipinski definition) is 3. The second-order valence-corrected chi connectivity index (χ2v) is 3.96. The van der Waals surface area contributed by atoms with Crippen molar-refractivity contribution >= 4 is 17.3 Å². The third-order valence-electron chi connectivity index (χ3n) is 2.55. The molecule has 0 radical (unpaired) electrons. The van der Waals surface area contributed by atoms with E-state index in [0.29, 0.717) is 11.8 Å². The zero-order valence-electron chi connectivity index (χ0n) is 9.95. The maximum Gasteiger partial charge on any atom is 0.258 e. The van der Waals surface area contributed by atoms with Crippen molar-refractivity contribution in [2.24, 2.45) is 0 Å². The fraction of sp³-hybridized carbons (Fsp3) is 0. The standard InChI is InChI=1S/C13H9F3N2O2/c14-9-5-8(10(15)12(19)11(9)16)13(20)18-7-3-1-6(17)2-4-7/h1-5,19H,17H2,(H,18,20). The highest BCUT2D eigenvalue weighted by Gasteiger charge is 2.22. The molecule has 104 valence electrons. The summed E-state index contributed by atoms with van der Waals surface area (Å²) in [5, 5.41) is 11.3. The van der Waals surface area contributed by atoms with Crippen molar-refractivity contribution in [2.45, 2.75) is 0 Å². The minimum absolute atomic E-state index is 0.285. The normalized spacial score (nSPS) is 10.3. The van der Waals surface area contributed by atoms with Crippen LogP contribution in [0.1, 0.15) is 10.4 Å². The van der Waals surface area contributed by atoms with Crippen LogP contribution in [-0.2, 0) is 0 Å². The van der Waals surface area contributed by atoms with E-state index in [2.05, 4.69) is 5.32 Å². The van der Waals surface area contributed by atoms with Crippen LogP contribution >= 0.6 is 0 Å². The van der Waals surface area contributed by atoms with E-state index in [9.17, 15) is 18.0 Å². The van der Waals surface area contributed by atoms with Gasteiger partial charge in [-0.25, -0.2) is 8.78 Å². The first-order valence-corrected chi connectivity index (χ1v) is 5.43. The molecular formula is C13H9F3N2O2. The van der Waals surface area contributed by atoms with Crippen molar-refractivity contribution in [3.05, 3.63) is 53.3 Å². The molecule has 0 heterocycles. The minimum atomic E-state index is -1.74. The van der Waals surface area contributed by atoms with Gasteiger partial charge in [-0.05, 0) is 30.3 Å². The van der Waals surface area contributed by atoms with E-state index < -0.39 is 34.7 Å². The summed E-state index contributed by atoms with van der Waals surface area (Å²) in [6.07, 6.45) is 0. The molecule has 2 rings (SSSR count). The highest BCUT2D eigenvalue weighted by atomic mass is 19.2. The van der Waals surface area contributed by atoms with Crippen LogP contribution in [0, 0.1) is 17.5 Å². The summed E-state index contributed by atoms with van der Waals surface area (Å²) in [5.41, 5.74) is 5.39. The number of rotatable bonds is 2. The van der Waals surface area contributed by atoms with Gasteiger partial charge in [0.05, 0.1) is 5.56 Å². The molecule has 0 aliphatic carbocycles. The van der Waals surface area contributed by atoms with Crippen molar-refractivity contribution in [1.29, 1.82) is 0 Å². The molecular weight excluding hydrogens is 273 g/mol. The Hall–Kier alpha value is -2.70. The van der Waals surface area contributed by atoms with Gasteiger partial charge in [-0.15, -0.1) is 0 Å². The number of aromatic hydroxyl groups is 1. The third-order valence-corrected chi connectivity index (χ3v) is 2.55. The van der Waals surface area contributed by atoms with E-state index in [4.69, 9.17) is 10.8 Å². The second-order valence-electron chi connectivity index (χ2n) is 3.96. The first-order chi connectivity index (χ1) is 9.40. The Morgan fingerprint density at radius 3 is 2.30 bits per heavy atom. The number of amides is 1. The van der Waals surface area contributed by atoms with Gasteiger partial charge < -0.3 is 16.2 Å². The lowest BCUT2D eigenvalue weighted by molar-refractivity contribution is 0.102. The van der Waals surface area contributed by atoms with Gasteiger partial charge in [-0.3, -0.25) is 4.79 Å². The quantitative estimate of drug-likeness (QED) is 0.585. The molecule has 7 heteroatoms. The van der Waals surface area contributed by atoms with E-state index in [1.807, 2.05) is 0 Å². The maximum absolute atomic E-state index is 13.5. The van der Waals surface area contributed by atoms with Crippen LogP contribution in [0.25, 0.3) is 0 Å². The molecule has 4 N–H and O–H groups in total. The summed E-state index contributed by atoms with van der Waals surface area (Å²) in [5.74, 6) is -7.36. The molecule has 1 amide bonds. The summed E-state index contributed by atoms with van der Waals surface area (Å²) in [7, 11) is 0. The Balaban J connectivity index is 2.32. The number of carbonyl (C=O) groups excluding carboxylic acids is 1. The Kier molecular flexibility index (Phi) is 3.51. The van der Waals surface area contributed by atoms with Crippen LogP contribution in [-0.4, -0.2) is 11.0 Å². The van der Waals surface area contributed by atoms with Crippen molar-refractivity contribution in [1.82, 2.24) is 0 Å². The summed E-state index contributed by atoms with van der Waals surface area (Å²) in [4.78, 5) is 11.8. The van der Waals surface area contributed by atoms with Crippen LogP contribution in [0.4, 0.5) is 24.5 Å². The predicted octanol–water partition coefficient (Wildman–Crippen LogP) is 2.64. The number of nitrogens with two attached hydrogens (primary N) is 1. The van der Waals surface area contributed by atoms with E-state index in [0.717, 1.165) is 0 Å². The number of nitrogen functional groups attached to an aromatic ring is 1. The smallest absolute Gasteiger partial charge is 0.258 e. The fourth-order valence-corrected chi connectivity index (χ4v) is 1.52. The Morgan fingerprint density at radius 1 is 1.10 bits per heavy atom. The van der Waals surface area contributed by atoms with Crippen LogP contribution in [0.2, 0.25) is 0 Å². The monoisotopic (exact) mass is 282 g/mol. The summed E-state index contributed by atoms with van der Waals surface area (Å²) in [6.45, 7) is 0. The van der Waals surface area contributed by atoms with Crippen molar-refractivity contribution < 1.29 is 23.1 Å². The first-order valence-electron chi connectivity index (χ1n) is 5.43. The molecule has 4 nitrogen and oxygen atoms in total. The maximum atomic E-state index is 13.5. The van der Waals surface area contributed by atoms with Crippen molar-refractivity contribution in [2.75, 3.05) is 11.1 Å². The lowest BCUT2D eigenvalue weighted by Gasteiger charge is -2.08. The average molecular weight is 282 g/mol. The van der Waals surface area contributed by atoms with Crippen LogP contribution in [0.15, 0.2) is 30.3 Å². The lowest BCUT2D eigenvalue weighted by atomic mass is 10.1. The molecule has 0 aliphatic heterocycles. The Labute approximate surface area is 111 Å². The largest absolute Gasteiger partial charge is 0.503 e. The van der Waals surface area contributed by atoms with Gasteiger partial charge >= 0.3 is 0 Å². The number of hydrogen-bond donors (Lipinski definition) is 3. The SMILES string of the molecule is Nc1ccc(NC(=O)c2cc(F)c(F)c(O)c2F)cc1. The van der Waals surface area contributed by atoms with E-state index in [-0.39, 0.29) is 5.69 Å². The number of nitrogens with one attached hydrogen (secondary N) is 1. The number of carbonyl (C=O) groups is 1. The number of benzene rings is 2. The average Bonchev–Trinajstić information content (AvgIpc) is 2.43. The van der Waals surface area contributed by atoms with Crippen molar-refractivity contribution in [3.63, 3.8) is 0 Å². The van der Waals surface area contributed by atoms with E-state index in [1.165, 1.54) is 24.3 Å². The Morgan fingerprint density at radius 2 is 1.70 bits per heavy atom. The molecule has 0 saturated carbocycles. The highest BCUT2D eigenvalue weighted by Crippen LogP contribution is 2.26. The molecule has 0 atom stereocenters. The lowest BCUT2D eigenvalue weighted by Crippen LogP contribution is -2.15. The third kappa shape index (κ3) is 2.51. The molecule has 0 aliphatic rings. The zero-order valence-corrected chi connectivity index (χ0v) is 9.95. The van der Waals surface area contributed by atoms with Crippen LogP contribution < -0.4 is 11.1 Å². The molecule has 20 heavy (non-hydrogen) atoms. The van der Waals surface area contributed by atoms with Crippen LogP contribution in [0.3, 0.4) is 0 Å². The molecule has 2 aromatic rings. The summed E-state index contributed by atoms with van der Waals surface area (Å²) >= 11 is 0. The molecule has 0 unspecified atom stereocenters. The van der Waals surface area contributed by atoms with Gasteiger partial charge in [0.1, 0.15) is 0 Å². The van der Waals surface area contributed by atoms with Gasteiger partial charge in [0.2, 0.25) is 5.82 Å². The molecule has 0 spiro atoms. The topological polar surface area (TPSA) is 75.3 Å². The van der Waals surface area contributed by atoms with Gasteiger partial charge in [0.25, 0.3) is 5.91 Å². The first kappa shape index (κ1) is 13.7. The number of halogens is 3. The molecule has 2 aromatic carbocycles. The molecule has 0 bridgehead atoms. The van der Waals surface area contributed by atoms with Crippen molar-refractivity contribution in [3.8, 4) is 5.75 Å². The van der Waals surface area contributed by atoms with Gasteiger partial charge in [0.15, 0.2) is 17.4 Å². The fourth-order valence-electron chi connectivity index (χ4n) is 1.52. The summed E-state index contributed by atoms with van der Waals surface area (Å²) < 4.78 is 39.5. The zero-order chi connectivity index (χ0) is 14.9. The van der Waals surface area contributed by atoms with Gasteiger partial charge in [-0.2, -0.15) is 4.39 Å². The Bertz CT molecular complexity index is 672. The van der Waals surface area contributed by atoms with E-state index in [1.54, 1.807) is 0 Å². The molecule has 0 fully saturated rings. The second kappa shape index (κ2) is 5.12. The molecule has 0 saturated heterocycles. The van der Waals surface area contributed by atoms with E-state index >= 15 is 0 Å². The highest BCUT2D eigenvalue weighted by molar-refractivity contribution is 6.04. The number of anilines is 2. The number of phenolic OH excluding ortho intramolecular Hbond substituents is 1. The minimum Gasteiger partial charge on any atom is -0.503 e. The predicted molar refractivity (Wildman–Crippen MR) is 66.8 cm³/mol. The van der Waals surface area contributed by atoms with Gasteiger partial charge in [-0.1, -0.05) is 0 Å². The number of phenols is 1. The summed E-state index contributed by atoms with van der Waals surface area (Å²) in [6, 6.07) is 6.26. The van der Waals surface area contributed by atoms with Crippen LogP contribution in [0.5, 0.6) is 5.75 Å². The van der Waals surface area contributed by atoms with Gasteiger partial charge in [0, 0.05) is 11.4 Å². The molecule has 0 aromatic heterocycles.